The van der Waals surface area contributed by atoms with Gasteiger partial charge in [0.2, 0.25) is 0 Å². The second-order valence-corrected chi connectivity index (χ2v) is 3.93. The lowest BCUT2D eigenvalue weighted by Crippen LogP contribution is -2.01. The van der Waals surface area contributed by atoms with Crippen LogP contribution in [0.15, 0.2) is 34.9 Å². The number of nitrogens with two attached hydrogens (primary N) is 1. The maximum atomic E-state index is 6.05. The Hall–Kier alpha value is -1.32. The van der Waals surface area contributed by atoms with Crippen LogP contribution in [0.4, 0.5) is 0 Å². The summed E-state index contributed by atoms with van der Waals surface area (Å²) < 4.78 is 5.53. The van der Waals surface area contributed by atoms with Crippen LogP contribution in [0.25, 0.3) is 0 Å². The lowest BCUT2D eigenvalue weighted by Gasteiger charge is -1.99. The molecule has 0 aliphatic carbocycles. The van der Waals surface area contributed by atoms with Crippen molar-refractivity contribution in [2.24, 2.45) is 5.73 Å². The molecule has 0 spiro atoms. The molecule has 0 unspecified atom stereocenters. The first kappa shape index (κ1) is 11.2. The number of rotatable bonds is 4. The maximum absolute atomic E-state index is 6.05. The summed E-state index contributed by atoms with van der Waals surface area (Å²) in [5, 5.41) is 0.737. The van der Waals surface area contributed by atoms with E-state index < -0.39 is 0 Å². The third-order valence-corrected chi connectivity index (χ3v) is 2.66. The van der Waals surface area contributed by atoms with Gasteiger partial charge in [0.25, 0.3) is 0 Å². The first-order chi connectivity index (χ1) is 7.79. The molecule has 0 atom stereocenters. The van der Waals surface area contributed by atoms with E-state index in [9.17, 15) is 0 Å². The highest BCUT2D eigenvalue weighted by Crippen LogP contribution is 2.18. The molecule has 0 saturated carbocycles. The van der Waals surface area contributed by atoms with Gasteiger partial charge in [0.1, 0.15) is 5.76 Å². The number of benzene rings is 1. The molecule has 0 radical (unpaired) electrons. The van der Waals surface area contributed by atoms with Crippen LogP contribution in [0.5, 0.6) is 0 Å². The van der Waals surface area contributed by atoms with E-state index in [2.05, 4.69) is 4.98 Å². The molecule has 1 aromatic heterocycles. The number of hydrogen-bond acceptors (Lipinski definition) is 3. The first-order valence-electron chi connectivity index (χ1n) is 5.16. The van der Waals surface area contributed by atoms with Gasteiger partial charge in [-0.1, -0.05) is 29.8 Å². The van der Waals surface area contributed by atoms with Gasteiger partial charge in [-0.2, -0.15) is 0 Å². The molecular formula is C12H13ClN2O. The fourth-order valence-electron chi connectivity index (χ4n) is 1.49. The Bertz CT molecular complexity index is 468. The van der Waals surface area contributed by atoms with Crippen LogP contribution in [-0.2, 0) is 12.8 Å². The average Bonchev–Trinajstić information content (AvgIpc) is 2.70. The van der Waals surface area contributed by atoms with Crippen LogP contribution in [0.2, 0.25) is 5.02 Å². The Morgan fingerprint density at radius 1 is 1.31 bits per heavy atom. The summed E-state index contributed by atoms with van der Waals surface area (Å²) >= 11 is 6.05. The summed E-state index contributed by atoms with van der Waals surface area (Å²) in [7, 11) is 0. The van der Waals surface area contributed by atoms with Crippen molar-refractivity contribution in [3.63, 3.8) is 0 Å². The summed E-state index contributed by atoms with van der Waals surface area (Å²) in [6.45, 7) is 0.570. The van der Waals surface area contributed by atoms with Crippen molar-refractivity contribution >= 4 is 11.6 Å². The predicted octanol–water partition coefficient (Wildman–Crippen LogP) is 2.42. The third-order valence-electron chi connectivity index (χ3n) is 2.29. The quantitative estimate of drug-likeness (QED) is 0.887. The second kappa shape index (κ2) is 5.14. The highest BCUT2D eigenvalue weighted by Gasteiger charge is 2.06. The zero-order valence-electron chi connectivity index (χ0n) is 8.82. The van der Waals surface area contributed by atoms with Crippen LogP contribution >= 0.6 is 11.6 Å². The van der Waals surface area contributed by atoms with Crippen LogP contribution < -0.4 is 5.73 Å². The molecule has 84 valence electrons. The molecular weight excluding hydrogens is 224 g/mol. The van der Waals surface area contributed by atoms with Gasteiger partial charge in [0, 0.05) is 11.4 Å². The standard InChI is InChI=1S/C12H13ClN2O/c13-11-4-2-1-3-9(11)7-12-15-8-10(16-12)5-6-14/h1-4,8H,5-7,14H2. The molecule has 3 nitrogen and oxygen atoms in total. The lowest BCUT2D eigenvalue weighted by atomic mass is 10.1. The molecule has 0 aliphatic rings. The summed E-state index contributed by atoms with van der Waals surface area (Å²) in [6, 6.07) is 7.68. The normalized spacial score (nSPS) is 10.6. The van der Waals surface area contributed by atoms with Crippen molar-refractivity contribution in [3.05, 3.63) is 52.7 Å². The van der Waals surface area contributed by atoms with Crippen LogP contribution in [0.1, 0.15) is 17.2 Å². The Morgan fingerprint density at radius 3 is 2.88 bits per heavy atom. The molecule has 0 aliphatic heterocycles. The molecule has 2 aromatic rings. The number of oxazole rings is 1. The molecule has 16 heavy (non-hydrogen) atoms. The Kier molecular flexibility index (Phi) is 3.59. The lowest BCUT2D eigenvalue weighted by molar-refractivity contribution is 0.464. The van der Waals surface area contributed by atoms with E-state index in [1.807, 2.05) is 24.3 Å². The summed E-state index contributed by atoms with van der Waals surface area (Å²) in [5.41, 5.74) is 6.46. The van der Waals surface area contributed by atoms with Crippen molar-refractivity contribution in [1.82, 2.24) is 4.98 Å². The van der Waals surface area contributed by atoms with Crippen LogP contribution in [0.3, 0.4) is 0 Å². The molecule has 0 amide bonds. The predicted molar refractivity (Wildman–Crippen MR) is 63.5 cm³/mol. The van der Waals surface area contributed by atoms with Gasteiger partial charge in [-0.3, -0.25) is 0 Å². The minimum absolute atomic E-state index is 0.570. The molecule has 1 aromatic carbocycles. The van der Waals surface area contributed by atoms with E-state index in [1.54, 1.807) is 6.20 Å². The summed E-state index contributed by atoms with van der Waals surface area (Å²) in [6.07, 6.45) is 3.05. The van der Waals surface area contributed by atoms with E-state index >= 15 is 0 Å². The van der Waals surface area contributed by atoms with Crippen molar-refractivity contribution < 1.29 is 4.42 Å². The molecule has 4 heteroatoms. The molecule has 0 saturated heterocycles. The van der Waals surface area contributed by atoms with Gasteiger partial charge in [0.05, 0.1) is 12.6 Å². The average molecular weight is 237 g/mol. The molecule has 0 bridgehead atoms. The van der Waals surface area contributed by atoms with Crippen molar-refractivity contribution in [2.45, 2.75) is 12.8 Å². The Balaban J connectivity index is 2.11. The van der Waals surface area contributed by atoms with Gasteiger partial charge < -0.3 is 10.2 Å². The van der Waals surface area contributed by atoms with Crippen molar-refractivity contribution in [1.29, 1.82) is 0 Å². The molecule has 2 rings (SSSR count). The zero-order chi connectivity index (χ0) is 11.4. The topological polar surface area (TPSA) is 52.0 Å². The van der Waals surface area contributed by atoms with Gasteiger partial charge in [0.15, 0.2) is 5.89 Å². The minimum Gasteiger partial charge on any atom is -0.445 e. The number of halogens is 1. The van der Waals surface area contributed by atoms with E-state index in [4.69, 9.17) is 21.8 Å². The number of hydrogen-bond donors (Lipinski definition) is 1. The van der Waals surface area contributed by atoms with Gasteiger partial charge in [-0.25, -0.2) is 4.98 Å². The summed E-state index contributed by atoms with van der Waals surface area (Å²) in [5.74, 6) is 1.50. The Labute approximate surface area is 99.2 Å². The number of aromatic nitrogens is 1. The second-order valence-electron chi connectivity index (χ2n) is 3.53. The zero-order valence-corrected chi connectivity index (χ0v) is 9.57. The largest absolute Gasteiger partial charge is 0.445 e. The molecule has 1 heterocycles. The van der Waals surface area contributed by atoms with Crippen LogP contribution in [-0.4, -0.2) is 11.5 Å². The highest BCUT2D eigenvalue weighted by atomic mass is 35.5. The maximum Gasteiger partial charge on any atom is 0.198 e. The Morgan fingerprint density at radius 2 is 2.12 bits per heavy atom. The minimum atomic E-state index is 0.570. The van der Waals surface area contributed by atoms with E-state index in [0.29, 0.717) is 18.9 Å². The SMILES string of the molecule is NCCc1cnc(Cc2ccccc2Cl)o1. The first-order valence-corrected chi connectivity index (χ1v) is 5.54. The highest BCUT2D eigenvalue weighted by molar-refractivity contribution is 6.31. The van der Waals surface area contributed by atoms with E-state index in [0.717, 1.165) is 22.8 Å². The fraction of sp³-hybridized carbons (Fsp3) is 0.250. The van der Waals surface area contributed by atoms with Crippen molar-refractivity contribution in [3.8, 4) is 0 Å². The molecule has 0 fully saturated rings. The van der Waals surface area contributed by atoms with Crippen molar-refractivity contribution in [2.75, 3.05) is 6.54 Å². The number of nitrogens with zero attached hydrogens (tertiary/aromatic N) is 1. The van der Waals surface area contributed by atoms with Crippen LogP contribution in [0, 0.1) is 0 Å². The molecule has 2 N–H and O–H groups in total. The van der Waals surface area contributed by atoms with Gasteiger partial charge in [-0.15, -0.1) is 0 Å². The fourth-order valence-corrected chi connectivity index (χ4v) is 1.69. The van der Waals surface area contributed by atoms with E-state index in [1.165, 1.54) is 0 Å². The van der Waals surface area contributed by atoms with E-state index in [-0.39, 0.29) is 0 Å². The monoisotopic (exact) mass is 236 g/mol. The third kappa shape index (κ3) is 2.62. The summed E-state index contributed by atoms with van der Waals surface area (Å²) in [4.78, 5) is 4.19. The van der Waals surface area contributed by atoms with Gasteiger partial charge >= 0.3 is 0 Å². The van der Waals surface area contributed by atoms with Gasteiger partial charge in [-0.05, 0) is 18.2 Å². The smallest absolute Gasteiger partial charge is 0.198 e.